The quantitative estimate of drug-likeness (QED) is 0.531. The molecule has 2 aromatic heterocycles. The van der Waals surface area contributed by atoms with Gasteiger partial charge in [0.1, 0.15) is 10.8 Å². The lowest BCUT2D eigenvalue weighted by atomic mass is 10.00. The number of nitrogens with one attached hydrogen (secondary N) is 1. The van der Waals surface area contributed by atoms with Crippen molar-refractivity contribution in [3.05, 3.63) is 58.9 Å². The molecule has 1 N–H and O–H groups in total. The number of benzene rings is 1. The molecular weight excluding hydrogens is 442 g/mol. The van der Waals surface area contributed by atoms with Crippen molar-refractivity contribution < 1.29 is 17.9 Å². The van der Waals surface area contributed by atoms with Crippen LogP contribution in [0.3, 0.4) is 0 Å². The number of nitrogens with zero attached hydrogens (tertiary/aromatic N) is 2. The van der Waals surface area contributed by atoms with E-state index in [4.69, 9.17) is 4.74 Å². The van der Waals surface area contributed by atoms with Crippen LogP contribution < -0.4 is 5.32 Å². The third kappa shape index (κ3) is 4.89. The largest absolute Gasteiger partial charge is 0.459 e. The molecule has 1 fully saturated rings. The topological polar surface area (TPSA) is 88.6 Å². The van der Waals surface area contributed by atoms with Crippen molar-refractivity contribution in [2.75, 3.05) is 18.4 Å². The fourth-order valence-corrected chi connectivity index (χ4v) is 6.61. The van der Waals surface area contributed by atoms with E-state index in [1.807, 2.05) is 35.7 Å². The smallest absolute Gasteiger partial charge is 0.310 e. The van der Waals surface area contributed by atoms with Crippen LogP contribution in [0.2, 0.25) is 0 Å². The number of esters is 1. The molecule has 1 unspecified atom stereocenters. The molecule has 1 saturated heterocycles. The van der Waals surface area contributed by atoms with Crippen molar-refractivity contribution in [1.29, 1.82) is 0 Å². The predicted molar refractivity (Wildman–Crippen MR) is 117 cm³/mol. The van der Waals surface area contributed by atoms with Crippen LogP contribution in [0.1, 0.15) is 18.5 Å². The number of sulfonamides is 1. The Morgan fingerprint density at radius 1 is 1.20 bits per heavy atom. The highest BCUT2D eigenvalue weighted by molar-refractivity contribution is 7.91. The first-order chi connectivity index (χ1) is 14.5. The van der Waals surface area contributed by atoms with Gasteiger partial charge in [-0.05, 0) is 36.4 Å². The first-order valence-corrected chi connectivity index (χ1v) is 12.7. The van der Waals surface area contributed by atoms with E-state index in [-0.39, 0.29) is 19.1 Å². The second kappa shape index (κ2) is 9.25. The maximum absolute atomic E-state index is 12.7. The molecule has 0 spiro atoms. The number of thiazole rings is 1. The third-order valence-electron chi connectivity index (χ3n) is 4.75. The summed E-state index contributed by atoms with van der Waals surface area (Å²) >= 11 is 2.62. The monoisotopic (exact) mass is 463 g/mol. The molecule has 0 radical (unpaired) electrons. The molecule has 30 heavy (non-hydrogen) atoms. The molecule has 0 saturated carbocycles. The minimum absolute atomic E-state index is 0.0694. The number of carbonyl (C=O) groups is 1. The van der Waals surface area contributed by atoms with Gasteiger partial charge in [0.25, 0.3) is 10.0 Å². The number of para-hydroxylation sites is 1. The average Bonchev–Trinajstić information content (AvgIpc) is 3.46. The van der Waals surface area contributed by atoms with Gasteiger partial charge in [0.15, 0.2) is 5.13 Å². The van der Waals surface area contributed by atoms with Crippen molar-refractivity contribution in [1.82, 2.24) is 9.29 Å². The van der Waals surface area contributed by atoms with Crippen molar-refractivity contribution in [2.24, 2.45) is 5.92 Å². The molecule has 1 atom stereocenters. The Balaban J connectivity index is 1.32. The molecule has 0 aliphatic carbocycles. The molecule has 1 aromatic carbocycles. The number of rotatable bonds is 7. The first-order valence-electron chi connectivity index (χ1n) is 9.49. The van der Waals surface area contributed by atoms with Gasteiger partial charge in [0.05, 0.1) is 11.6 Å². The summed E-state index contributed by atoms with van der Waals surface area (Å²) in [6, 6.07) is 13.0. The molecule has 10 heteroatoms. The van der Waals surface area contributed by atoms with E-state index in [1.54, 1.807) is 17.5 Å². The molecule has 1 aliphatic rings. The van der Waals surface area contributed by atoms with Crippen LogP contribution in [0.25, 0.3) is 0 Å². The summed E-state index contributed by atoms with van der Waals surface area (Å²) < 4.78 is 32.6. The SMILES string of the molecule is O=C(OCc1csc(Nc2ccccc2)n1)C1CCCN(S(=O)(=O)c2cccs2)C1. The van der Waals surface area contributed by atoms with Crippen LogP contribution in [0, 0.1) is 5.92 Å². The Kier molecular flexibility index (Phi) is 6.47. The van der Waals surface area contributed by atoms with Crippen molar-refractivity contribution in [3.8, 4) is 0 Å². The highest BCUT2D eigenvalue weighted by Crippen LogP contribution is 2.27. The third-order valence-corrected chi connectivity index (χ3v) is 8.79. The number of anilines is 2. The fraction of sp³-hybridized carbons (Fsp3) is 0.300. The first kappa shape index (κ1) is 21.0. The summed E-state index contributed by atoms with van der Waals surface area (Å²) in [7, 11) is -3.55. The standard InChI is InChI=1S/C20H21N3O4S3/c24-19(15-6-4-10-23(12-15)30(25,26)18-9-5-11-28-18)27-13-17-14-29-20(22-17)21-16-7-2-1-3-8-16/h1-3,5,7-9,11,14-15H,4,6,10,12-13H2,(H,21,22). The molecule has 3 heterocycles. The molecule has 3 aromatic rings. The summed E-state index contributed by atoms with van der Waals surface area (Å²) in [6.07, 6.45) is 1.25. The minimum Gasteiger partial charge on any atom is -0.459 e. The van der Waals surface area contributed by atoms with Gasteiger partial charge in [-0.15, -0.1) is 22.7 Å². The lowest BCUT2D eigenvalue weighted by Crippen LogP contribution is -2.42. The van der Waals surface area contributed by atoms with Crippen molar-refractivity contribution >= 4 is 49.5 Å². The van der Waals surface area contributed by atoms with E-state index in [9.17, 15) is 13.2 Å². The maximum Gasteiger partial charge on any atom is 0.310 e. The highest BCUT2D eigenvalue weighted by atomic mass is 32.2. The number of thiophene rings is 1. The molecule has 1 aliphatic heterocycles. The van der Waals surface area contributed by atoms with Crippen LogP contribution in [0.15, 0.2) is 57.4 Å². The number of ether oxygens (including phenoxy) is 1. The minimum atomic E-state index is -3.55. The Morgan fingerprint density at radius 3 is 2.80 bits per heavy atom. The molecule has 158 valence electrons. The number of hydrogen-bond acceptors (Lipinski definition) is 8. The number of carbonyl (C=O) groups excluding carboxylic acids is 1. The summed E-state index contributed by atoms with van der Waals surface area (Å²) in [4.78, 5) is 17.0. The number of aromatic nitrogens is 1. The Hall–Kier alpha value is -2.27. The molecule has 4 rings (SSSR count). The normalized spacial score (nSPS) is 17.5. The van der Waals surface area contributed by atoms with E-state index in [0.29, 0.717) is 29.3 Å². The maximum atomic E-state index is 12.7. The Labute approximate surface area is 183 Å². The van der Waals surface area contributed by atoms with E-state index < -0.39 is 15.9 Å². The Morgan fingerprint density at radius 2 is 2.03 bits per heavy atom. The van der Waals surface area contributed by atoms with Crippen LogP contribution in [0.5, 0.6) is 0 Å². The average molecular weight is 464 g/mol. The van der Waals surface area contributed by atoms with Gasteiger partial charge in [0, 0.05) is 24.2 Å². The van der Waals surface area contributed by atoms with Gasteiger partial charge in [-0.25, -0.2) is 13.4 Å². The Bertz CT molecular complexity index is 1080. The van der Waals surface area contributed by atoms with Crippen molar-refractivity contribution in [3.63, 3.8) is 0 Å². The molecule has 0 amide bonds. The van der Waals surface area contributed by atoms with E-state index >= 15 is 0 Å². The van der Waals surface area contributed by atoms with Crippen LogP contribution in [-0.2, 0) is 26.2 Å². The molecular formula is C20H21N3O4S3. The second-order valence-corrected chi connectivity index (χ2v) is 10.8. The van der Waals surface area contributed by atoms with E-state index in [2.05, 4.69) is 10.3 Å². The lowest BCUT2D eigenvalue weighted by Gasteiger charge is -2.30. The predicted octanol–water partition coefficient (Wildman–Crippen LogP) is 4.09. The number of hydrogen-bond donors (Lipinski definition) is 1. The highest BCUT2D eigenvalue weighted by Gasteiger charge is 2.34. The van der Waals surface area contributed by atoms with Gasteiger partial charge in [-0.2, -0.15) is 4.31 Å². The zero-order chi connectivity index (χ0) is 21.0. The zero-order valence-corrected chi connectivity index (χ0v) is 18.5. The summed E-state index contributed by atoms with van der Waals surface area (Å²) in [5.41, 5.74) is 1.59. The summed E-state index contributed by atoms with van der Waals surface area (Å²) in [6.45, 7) is 0.640. The summed E-state index contributed by atoms with van der Waals surface area (Å²) in [5.74, 6) is -0.847. The second-order valence-electron chi connectivity index (χ2n) is 6.88. The number of piperidine rings is 1. The molecule has 7 nitrogen and oxygen atoms in total. The lowest BCUT2D eigenvalue weighted by molar-refractivity contribution is -0.151. The van der Waals surface area contributed by atoms with Gasteiger partial charge in [-0.1, -0.05) is 24.3 Å². The van der Waals surface area contributed by atoms with E-state index in [1.165, 1.54) is 27.0 Å². The van der Waals surface area contributed by atoms with Gasteiger partial charge < -0.3 is 10.1 Å². The van der Waals surface area contributed by atoms with Gasteiger partial charge >= 0.3 is 5.97 Å². The summed E-state index contributed by atoms with van der Waals surface area (Å²) in [5, 5.41) is 7.50. The van der Waals surface area contributed by atoms with Crippen LogP contribution in [0.4, 0.5) is 10.8 Å². The zero-order valence-electron chi connectivity index (χ0n) is 16.1. The van der Waals surface area contributed by atoms with Crippen molar-refractivity contribution in [2.45, 2.75) is 23.7 Å². The fourth-order valence-electron chi connectivity index (χ4n) is 3.23. The van der Waals surface area contributed by atoms with Gasteiger partial charge in [-0.3, -0.25) is 4.79 Å². The molecule has 0 bridgehead atoms. The van der Waals surface area contributed by atoms with E-state index in [0.717, 1.165) is 10.8 Å². The van der Waals surface area contributed by atoms with Gasteiger partial charge in [0.2, 0.25) is 0 Å². The van der Waals surface area contributed by atoms with Crippen LogP contribution >= 0.6 is 22.7 Å². The van der Waals surface area contributed by atoms with Crippen LogP contribution in [-0.4, -0.2) is 36.8 Å².